The van der Waals surface area contributed by atoms with E-state index in [0.29, 0.717) is 30.0 Å². The first-order valence-corrected chi connectivity index (χ1v) is 14.6. The Hall–Kier alpha value is -4.86. The Morgan fingerprint density at radius 3 is 2.49 bits per heavy atom. The van der Waals surface area contributed by atoms with Crippen LogP contribution in [0.5, 0.6) is 0 Å². The van der Waals surface area contributed by atoms with E-state index in [1.807, 2.05) is 79.7 Å². The lowest BCUT2D eigenvalue weighted by Gasteiger charge is -2.26. The molecule has 3 aromatic carbocycles. The van der Waals surface area contributed by atoms with Crippen molar-refractivity contribution in [3.05, 3.63) is 107 Å². The fraction of sp³-hybridized carbons (Fsp3) is 0.235. The summed E-state index contributed by atoms with van der Waals surface area (Å²) in [7, 11) is 0. The van der Waals surface area contributed by atoms with E-state index >= 15 is 0 Å². The van der Waals surface area contributed by atoms with Gasteiger partial charge in [0.2, 0.25) is 0 Å². The Morgan fingerprint density at radius 2 is 1.67 bits per heavy atom. The van der Waals surface area contributed by atoms with Crippen molar-refractivity contribution < 1.29 is 9.53 Å². The molecule has 218 valence electrons. The zero-order valence-electron chi connectivity index (χ0n) is 24.1. The topological polar surface area (TPSA) is 101 Å². The van der Waals surface area contributed by atoms with Crippen molar-refractivity contribution in [1.82, 2.24) is 25.0 Å². The van der Waals surface area contributed by atoms with Gasteiger partial charge in [0, 0.05) is 61.1 Å². The van der Waals surface area contributed by atoms with Gasteiger partial charge in [0.15, 0.2) is 0 Å². The molecule has 2 N–H and O–H groups in total. The normalized spacial score (nSPS) is 13.6. The lowest BCUT2D eigenvalue weighted by atomic mass is 10.00. The van der Waals surface area contributed by atoms with Crippen LogP contribution in [0.15, 0.2) is 95.9 Å². The predicted molar refractivity (Wildman–Crippen MR) is 170 cm³/mol. The number of morpholine rings is 1. The highest BCUT2D eigenvalue weighted by Crippen LogP contribution is 2.28. The number of carbonyl (C=O) groups is 1. The van der Waals surface area contributed by atoms with Gasteiger partial charge in [0.1, 0.15) is 5.69 Å². The summed E-state index contributed by atoms with van der Waals surface area (Å²) >= 11 is 0. The molecule has 1 fully saturated rings. The van der Waals surface area contributed by atoms with Gasteiger partial charge in [-0.3, -0.25) is 19.5 Å². The van der Waals surface area contributed by atoms with E-state index in [-0.39, 0.29) is 11.5 Å². The number of pyridine rings is 1. The molecule has 3 heterocycles. The van der Waals surface area contributed by atoms with Crippen molar-refractivity contribution in [2.45, 2.75) is 13.5 Å². The third-order valence-corrected chi connectivity index (χ3v) is 7.64. The molecule has 9 heteroatoms. The largest absolute Gasteiger partial charge is 0.379 e. The number of rotatable bonds is 9. The quantitative estimate of drug-likeness (QED) is 0.257. The molecular weight excluding hydrogens is 540 g/mol. The first-order chi connectivity index (χ1) is 21.1. The first kappa shape index (κ1) is 28.3. The van der Waals surface area contributed by atoms with Crippen LogP contribution in [0, 0.1) is 0 Å². The second-order valence-electron chi connectivity index (χ2n) is 10.4. The Bertz CT molecular complexity index is 1790. The zero-order valence-corrected chi connectivity index (χ0v) is 24.1. The van der Waals surface area contributed by atoms with Crippen LogP contribution in [-0.2, 0) is 11.3 Å². The molecule has 0 aliphatic carbocycles. The Labute approximate surface area is 250 Å². The fourth-order valence-corrected chi connectivity index (χ4v) is 5.27. The van der Waals surface area contributed by atoms with Crippen LogP contribution in [0.3, 0.4) is 0 Å². The molecule has 0 unspecified atom stereocenters. The van der Waals surface area contributed by atoms with Gasteiger partial charge < -0.3 is 15.4 Å². The second-order valence-corrected chi connectivity index (χ2v) is 10.4. The Balaban J connectivity index is 1.21. The maximum atomic E-state index is 13.2. The summed E-state index contributed by atoms with van der Waals surface area (Å²) in [6.07, 6.45) is 1.75. The molecule has 1 amide bonds. The molecule has 0 atom stereocenters. The minimum atomic E-state index is -0.192. The Morgan fingerprint density at radius 1 is 0.884 bits per heavy atom. The summed E-state index contributed by atoms with van der Waals surface area (Å²) in [5, 5.41) is 11.9. The smallest absolute Gasteiger partial charge is 0.290 e. The van der Waals surface area contributed by atoms with Gasteiger partial charge in [0.05, 0.1) is 24.4 Å². The number of carbonyl (C=O) groups excluding carboxylic acids is 1. The van der Waals surface area contributed by atoms with E-state index in [9.17, 15) is 9.59 Å². The van der Waals surface area contributed by atoms with E-state index in [4.69, 9.17) is 4.74 Å². The molecule has 2 aromatic heterocycles. The van der Waals surface area contributed by atoms with Crippen molar-refractivity contribution in [1.29, 1.82) is 0 Å². The van der Waals surface area contributed by atoms with Crippen LogP contribution >= 0.6 is 0 Å². The molecule has 1 saturated heterocycles. The number of ether oxygens (including phenoxy) is 1. The molecule has 6 rings (SSSR count). The monoisotopic (exact) mass is 574 g/mol. The fourth-order valence-electron chi connectivity index (χ4n) is 5.27. The SMILES string of the molecule is CCn1nc(-c2cccc(-c3ccc(C(=O)NCCN4CCOCC4)cc3)c2)cc(Nc2cccc3ncccc23)c1=O. The van der Waals surface area contributed by atoms with Crippen molar-refractivity contribution in [3.63, 3.8) is 0 Å². The number of hydrogen-bond donors (Lipinski definition) is 2. The maximum Gasteiger partial charge on any atom is 0.290 e. The maximum absolute atomic E-state index is 13.2. The standard InChI is InChI=1S/C34H34N6O3/c1-2-40-34(42)32(37-30-10-4-9-29-28(30)8-5-15-35-29)23-31(38-40)27-7-3-6-26(22-27)24-11-13-25(14-12-24)33(41)36-16-17-39-18-20-43-21-19-39/h3-15,22-23,37H,2,16-21H2,1H3,(H,36,41). The average molecular weight is 575 g/mol. The molecule has 43 heavy (non-hydrogen) atoms. The lowest BCUT2D eigenvalue weighted by molar-refractivity contribution is 0.0383. The molecule has 0 spiro atoms. The van der Waals surface area contributed by atoms with Gasteiger partial charge in [-0.15, -0.1) is 0 Å². The van der Waals surface area contributed by atoms with E-state index in [2.05, 4.69) is 31.7 Å². The van der Waals surface area contributed by atoms with Crippen LogP contribution in [0.2, 0.25) is 0 Å². The molecular formula is C34H34N6O3. The predicted octanol–water partition coefficient (Wildman–Crippen LogP) is 4.95. The van der Waals surface area contributed by atoms with Crippen LogP contribution in [-0.4, -0.2) is 65.0 Å². The summed E-state index contributed by atoms with van der Waals surface area (Å²) in [4.78, 5) is 32.6. The summed E-state index contributed by atoms with van der Waals surface area (Å²) in [5.74, 6) is -0.0819. The Kier molecular flexibility index (Phi) is 8.53. The van der Waals surface area contributed by atoms with Crippen molar-refractivity contribution >= 4 is 28.2 Å². The number of anilines is 2. The molecule has 5 aromatic rings. The van der Waals surface area contributed by atoms with Gasteiger partial charge >= 0.3 is 0 Å². The van der Waals surface area contributed by atoms with Gasteiger partial charge in [0.25, 0.3) is 11.5 Å². The van der Waals surface area contributed by atoms with Crippen LogP contribution < -0.4 is 16.2 Å². The number of amides is 1. The highest BCUT2D eigenvalue weighted by atomic mass is 16.5. The third-order valence-electron chi connectivity index (χ3n) is 7.64. The second kappa shape index (κ2) is 13.0. The number of aromatic nitrogens is 3. The van der Waals surface area contributed by atoms with E-state index < -0.39 is 0 Å². The number of benzene rings is 3. The molecule has 0 radical (unpaired) electrons. The van der Waals surface area contributed by atoms with Crippen LogP contribution in [0.25, 0.3) is 33.3 Å². The van der Waals surface area contributed by atoms with E-state index in [0.717, 1.165) is 66.1 Å². The van der Waals surface area contributed by atoms with Gasteiger partial charge in [-0.05, 0) is 66.6 Å². The molecule has 1 aliphatic rings. The minimum absolute atomic E-state index is 0.0819. The highest BCUT2D eigenvalue weighted by molar-refractivity contribution is 5.95. The molecule has 0 bridgehead atoms. The van der Waals surface area contributed by atoms with E-state index in [1.165, 1.54) is 4.68 Å². The number of hydrogen-bond acceptors (Lipinski definition) is 7. The zero-order chi connectivity index (χ0) is 29.6. The third kappa shape index (κ3) is 6.48. The molecule has 0 saturated carbocycles. The van der Waals surface area contributed by atoms with Gasteiger partial charge in [-0.1, -0.05) is 36.4 Å². The minimum Gasteiger partial charge on any atom is -0.379 e. The van der Waals surface area contributed by atoms with Crippen molar-refractivity contribution in [2.75, 3.05) is 44.7 Å². The van der Waals surface area contributed by atoms with Crippen molar-refractivity contribution in [3.8, 4) is 22.4 Å². The number of nitrogens with zero attached hydrogens (tertiary/aromatic N) is 4. The van der Waals surface area contributed by atoms with Crippen molar-refractivity contribution in [2.24, 2.45) is 0 Å². The number of aryl methyl sites for hydroxylation is 1. The lowest BCUT2D eigenvalue weighted by Crippen LogP contribution is -2.41. The average Bonchev–Trinajstić information content (AvgIpc) is 3.06. The van der Waals surface area contributed by atoms with E-state index in [1.54, 1.807) is 12.3 Å². The number of fused-ring (bicyclic) bond motifs is 1. The van der Waals surface area contributed by atoms with Crippen LogP contribution in [0.4, 0.5) is 11.4 Å². The summed E-state index contributed by atoms with van der Waals surface area (Å²) < 4.78 is 6.85. The number of nitrogens with one attached hydrogen (secondary N) is 2. The summed E-state index contributed by atoms with van der Waals surface area (Å²) in [5.41, 5.74) is 6.06. The molecule has 9 nitrogen and oxygen atoms in total. The highest BCUT2D eigenvalue weighted by Gasteiger charge is 2.14. The first-order valence-electron chi connectivity index (χ1n) is 14.6. The van der Waals surface area contributed by atoms with Gasteiger partial charge in [-0.2, -0.15) is 5.10 Å². The van der Waals surface area contributed by atoms with Crippen LogP contribution in [0.1, 0.15) is 17.3 Å². The van der Waals surface area contributed by atoms with Gasteiger partial charge in [-0.25, -0.2) is 4.68 Å². The summed E-state index contributed by atoms with van der Waals surface area (Å²) in [6, 6.07) is 27.1. The summed E-state index contributed by atoms with van der Waals surface area (Å²) in [6.45, 7) is 7.05. The molecule has 1 aliphatic heterocycles.